The highest BCUT2D eigenvalue weighted by molar-refractivity contribution is 6.08. The zero-order valence-electron chi connectivity index (χ0n) is 8.63. The molecule has 0 fully saturated rings. The quantitative estimate of drug-likeness (QED) is 0.569. The number of Topliss-reactive ketones (excluding diaryl/α,β-unsaturated/α-hetero) is 2. The van der Waals surface area contributed by atoms with E-state index in [2.05, 4.69) is 4.74 Å². The number of carbonyl (C=O) groups excluding carboxylic acids is 2. The summed E-state index contributed by atoms with van der Waals surface area (Å²) in [6.07, 6.45) is -0.448. The van der Waals surface area contributed by atoms with Gasteiger partial charge in [-0.1, -0.05) is 0 Å². The number of hydrogen-bond donors (Lipinski definition) is 0. The van der Waals surface area contributed by atoms with Crippen LogP contribution in [0, 0.1) is 11.6 Å². The van der Waals surface area contributed by atoms with E-state index in [1.54, 1.807) is 0 Å². The normalized spacial score (nSPS) is 10.2. The molecular weight excluding hydrogens is 218 g/mol. The molecule has 0 atom stereocenters. The molecule has 0 bridgehead atoms. The van der Waals surface area contributed by atoms with Crippen molar-refractivity contribution in [1.82, 2.24) is 0 Å². The molecule has 0 radical (unpaired) electrons. The molecule has 5 heteroatoms. The van der Waals surface area contributed by atoms with Crippen LogP contribution >= 0.6 is 0 Å². The molecule has 1 aromatic carbocycles. The average Bonchev–Trinajstić information content (AvgIpc) is 2.17. The molecule has 0 aromatic heterocycles. The number of benzene rings is 1. The molecule has 0 N–H and O–H groups in total. The van der Waals surface area contributed by atoms with Crippen LogP contribution in [0.15, 0.2) is 18.2 Å². The Morgan fingerprint density at radius 2 is 2.00 bits per heavy atom. The standard InChI is InChI=1S/C11H10F2O3/c1-16-6-8(14)5-11(15)9-3-2-7(12)4-10(9)13/h2-4H,5-6H2,1H3. The summed E-state index contributed by atoms with van der Waals surface area (Å²) in [5, 5.41) is 0. The van der Waals surface area contributed by atoms with Gasteiger partial charge in [0.2, 0.25) is 0 Å². The summed E-state index contributed by atoms with van der Waals surface area (Å²) >= 11 is 0. The first-order valence-electron chi connectivity index (χ1n) is 4.53. The lowest BCUT2D eigenvalue weighted by Crippen LogP contribution is -2.14. The molecule has 0 unspecified atom stereocenters. The summed E-state index contributed by atoms with van der Waals surface area (Å²) in [6.45, 7) is -0.200. The highest BCUT2D eigenvalue weighted by Crippen LogP contribution is 2.11. The van der Waals surface area contributed by atoms with Crippen LogP contribution in [0.1, 0.15) is 16.8 Å². The monoisotopic (exact) mass is 228 g/mol. The highest BCUT2D eigenvalue weighted by Gasteiger charge is 2.15. The third kappa shape index (κ3) is 3.20. The minimum absolute atomic E-state index is 0.200. The van der Waals surface area contributed by atoms with Crippen LogP contribution in [0.25, 0.3) is 0 Å². The van der Waals surface area contributed by atoms with E-state index in [9.17, 15) is 18.4 Å². The average molecular weight is 228 g/mol. The summed E-state index contributed by atoms with van der Waals surface area (Å²) in [6, 6.07) is 2.60. The number of carbonyl (C=O) groups is 2. The molecule has 86 valence electrons. The van der Waals surface area contributed by atoms with Gasteiger partial charge in [-0.2, -0.15) is 0 Å². The van der Waals surface area contributed by atoms with Crippen LogP contribution in [0.2, 0.25) is 0 Å². The Labute approximate surface area is 91.0 Å². The largest absolute Gasteiger partial charge is 0.377 e. The van der Waals surface area contributed by atoms with Gasteiger partial charge in [0, 0.05) is 13.2 Å². The minimum atomic E-state index is -0.963. The summed E-state index contributed by atoms with van der Waals surface area (Å²) in [5.74, 6) is -2.86. The van der Waals surface area contributed by atoms with Crippen LogP contribution < -0.4 is 0 Å². The topological polar surface area (TPSA) is 43.4 Å². The van der Waals surface area contributed by atoms with Gasteiger partial charge in [-0.25, -0.2) is 8.78 Å². The maximum atomic E-state index is 13.1. The van der Waals surface area contributed by atoms with E-state index in [1.165, 1.54) is 7.11 Å². The van der Waals surface area contributed by atoms with Crippen LogP contribution in [0.3, 0.4) is 0 Å². The maximum Gasteiger partial charge on any atom is 0.173 e. The molecule has 1 aromatic rings. The zero-order valence-corrected chi connectivity index (χ0v) is 8.63. The van der Waals surface area contributed by atoms with E-state index in [0.29, 0.717) is 6.07 Å². The summed E-state index contributed by atoms with van der Waals surface area (Å²) in [5.41, 5.74) is -0.286. The van der Waals surface area contributed by atoms with Gasteiger partial charge in [0.15, 0.2) is 11.6 Å². The number of methoxy groups -OCH3 is 1. The molecule has 0 aliphatic heterocycles. The molecule has 0 amide bonds. The van der Waals surface area contributed by atoms with E-state index in [4.69, 9.17) is 0 Å². The maximum absolute atomic E-state index is 13.1. The second-order valence-corrected chi connectivity index (χ2v) is 3.20. The number of ketones is 2. The van der Waals surface area contributed by atoms with Gasteiger partial charge in [-0.3, -0.25) is 9.59 Å². The van der Waals surface area contributed by atoms with Gasteiger partial charge in [-0.15, -0.1) is 0 Å². The molecule has 0 aliphatic rings. The number of rotatable bonds is 5. The van der Waals surface area contributed by atoms with Gasteiger partial charge in [0.25, 0.3) is 0 Å². The van der Waals surface area contributed by atoms with Crippen LogP contribution in [-0.4, -0.2) is 25.3 Å². The van der Waals surface area contributed by atoms with Crippen molar-refractivity contribution in [1.29, 1.82) is 0 Å². The van der Waals surface area contributed by atoms with Crippen LogP contribution in [0.5, 0.6) is 0 Å². The third-order valence-corrected chi connectivity index (χ3v) is 1.89. The molecule has 1 rings (SSSR count). The van der Waals surface area contributed by atoms with Gasteiger partial charge in [0.05, 0.1) is 12.0 Å². The van der Waals surface area contributed by atoms with E-state index in [1.807, 2.05) is 0 Å². The predicted molar refractivity (Wildman–Crippen MR) is 52.2 cm³/mol. The van der Waals surface area contributed by atoms with Gasteiger partial charge < -0.3 is 4.74 Å². The Morgan fingerprint density at radius 1 is 1.31 bits per heavy atom. The van der Waals surface area contributed by atoms with Crippen molar-refractivity contribution in [2.45, 2.75) is 6.42 Å². The Morgan fingerprint density at radius 3 is 2.56 bits per heavy atom. The predicted octanol–water partition coefficient (Wildman–Crippen LogP) is 1.75. The van der Waals surface area contributed by atoms with Crippen molar-refractivity contribution >= 4 is 11.6 Å². The fraction of sp³-hybridized carbons (Fsp3) is 0.273. The lowest BCUT2D eigenvalue weighted by molar-refractivity contribution is -0.121. The zero-order chi connectivity index (χ0) is 12.1. The second kappa shape index (κ2) is 5.46. The first-order valence-corrected chi connectivity index (χ1v) is 4.53. The minimum Gasteiger partial charge on any atom is -0.377 e. The molecule has 16 heavy (non-hydrogen) atoms. The lowest BCUT2D eigenvalue weighted by Gasteiger charge is -2.02. The van der Waals surface area contributed by atoms with Gasteiger partial charge in [-0.05, 0) is 12.1 Å². The van der Waals surface area contributed by atoms with Crippen LogP contribution in [0.4, 0.5) is 8.78 Å². The number of ether oxygens (including phenoxy) is 1. The van der Waals surface area contributed by atoms with Crippen molar-refractivity contribution in [3.8, 4) is 0 Å². The highest BCUT2D eigenvalue weighted by atomic mass is 19.1. The summed E-state index contributed by atoms with van der Waals surface area (Å²) < 4.78 is 30.2. The van der Waals surface area contributed by atoms with Crippen molar-refractivity contribution in [2.75, 3.05) is 13.7 Å². The Bertz CT molecular complexity index is 416. The Kier molecular flexibility index (Phi) is 4.25. The van der Waals surface area contributed by atoms with Crippen molar-refractivity contribution in [3.05, 3.63) is 35.4 Å². The Hall–Kier alpha value is -1.62. The fourth-order valence-corrected chi connectivity index (χ4v) is 1.20. The summed E-state index contributed by atoms with van der Waals surface area (Å²) in [4.78, 5) is 22.5. The van der Waals surface area contributed by atoms with Crippen LogP contribution in [-0.2, 0) is 9.53 Å². The molecule has 0 aliphatic carbocycles. The van der Waals surface area contributed by atoms with E-state index in [-0.39, 0.29) is 12.2 Å². The number of hydrogen-bond acceptors (Lipinski definition) is 3. The second-order valence-electron chi connectivity index (χ2n) is 3.20. The lowest BCUT2D eigenvalue weighted by atomic mass is 10.1. The SMILES string of the molecule is COCC(=O)CC(=O)c1ccc(F)cc1F. The molecule has 0 spiro atoms. The van der Waals surface area contributed by atoms with E-state index >= 15 is 0 Å². The third-order valence-electron chi connectivity index (χ3n) is 1.89. The van der Waals surface area contributed by atoms with Gasteiger partial charge in [0.1, 0.15) is 18.2 Å². The molecule has 0 heterocycles. The van der Waals surface area contributed by atoms with Crippen molar-refractivity contribution in [3.63, 3.8) is 0 Å². The summed E-state index contributed by atoms with van der Waals surface area (Å²) in [7, 11) is 1.32. The molecule has 0 saturated heterocycles. The molecule has 0 saturated carbocycles. The number of halogens is 2. The van der Waals surface area contributed by atoms with E-state index in [0.717, 1.165) is 12.1 Å². The van der Waals surface area contributed by atoms with Gasteiger partial charge >= 0.3 is 0 Å². The van der Waals surface area contributed by atoms with Crippen molar-refractivity contribution < 1.29 is 23.1 Å². The Balaban J connectivity index is 2.77. The van der Waals surface area contributed by atoms with E-state index < -0.39 is 29.6 Å². The van der Waals surface area contributed by atoms with Crippen molar-refractivity contribution in [2.24, 2.45) is 0 Å². The first-order chi connectivity index (χ1) is 7.54. The first kappa shape index (κ1) is 12.4. The molecular formula is C11H10F2O3. The smallest absolute Gasteiger partial charge is 0.173 e. The fourth-order valence-electron chi connectivity index (χ4n) is 1.20. The molecule has 3 nitrogen and oxygen atoms in total.